The van der Waals surface area contributed by atoms with Gasteiger partial charge in [-0.15, -0.1) is 0 Å². The van der Waals surface area contributed by atoms with Crippen LogP contribution in [0.1, 0.15) is 28.9 Å². The molecule has 2 rings (SSSR count). The van der Waals surface area contributed by atoms with Gasteiger partial charge in [-0.05, 0) is 25.0 Å². The van der Waals surface area contributed by atoms with Gasteiger partial charge in [-0.25, -0.2) is 13.4 Å². The minimum Gasteiger partial charge on any atom is -0.347 e. The zero-order valence-electron chi connectivity index (χ0n) is 11.5. The lowest BCUT2D eigenvalue weighted by Crippen LogP contribution is -2.43. The van der Waals surface area contributed by atoms with Gasteiger partial charge >= 0.3 is 0 Å². The highest BCUT2D eigenvalue weighted by Crippen LogP contribution is 2.13. The molecule has 0 aromatic carbocycles. The Morgan fingerprint density at radius 2 is 2.33 bits per heavy atom. The molecule has 0 aliphatic carbocycles. The van der Waals surface area contributed by atoms with Gasteiger partial charge in [-0.2, -0.15) is 0 Å². The van der Waals surface area contributed by atoms with E-state index >= 15 is 0 Å². The third-order valence-corrected chi connectivity index (χ3v) is 4.97. The van der Waals surface area contributed by atoms with Gasteiger partial charge in [0.05, 0.1) is 23.6 Å². The second kappa shape index (κ2) is 6.70. The summed E-state index contributed by atoms with van der Waals surface area (Å²) in [4.78, 5) is 16.3. The normalized spacial score (nSPS) is 20.1. The number of sulfone groups is 1. The van der Waals surface area contributed by atoms with E-state index in [1.807, 2.05) is 0 Å². The molecule has 1 aromatic heterocycles. The van der Waals surface area contributed by atoms with E-state index in [9.17, 15) is 13.2 Å². The Kier molecular flexibility index (Phi) is 4.94. The molecule has 7 heteroatoms. The van der Waals surface area contributed by atoms with Gasteiger partial charge in [0, 0.05) is 12.2 Å². The van der Waals surface area contributed by atoms with E-state index in [2.05, 4.69) is 22.1 Å². The van der Waals surface area contributed by atoms with Crippen molar-refractivity contribution in [2.24, 2.45) is 5.73 Å². The molecule has 3 N–H and O–H groups in total. The minimum absolute atomic E-state index is 0.0185. The first-order valence-corrected chi connectivity index (χ1v) is 8.49. The minimum atomic E-state index is -3.06. The lowest BCUT2D eigenvalue weighted by Gasteiger charge is -2.22. The molecule has 112 valence electrons. The predicted molar refractivity (Wildman–Crippen MR) is 79.3 cm³/mol. The molecule has 0 radical (unpaired) electrons. The SMILES string of the molecule is NCC#Cc1cccnc1C(=O)NC1CCCS(=O)(=O)C1. The molecule has 1 saturated heterocycles. The van der Waals surface area contributed by atoms with Gasteiger partial charge in [0.2, 0.25) is 0 Å². The summed E-state index contributed by atoms with van der Waals surface area (Å²) in [7, 11) is -3.06. The third kappa shape index (κ3) is 4.28. The van der Waals surface area contributed by atoms with Crippen molar-refractivity contribution in [3.63, 3.8) is 0 Å². The van der Waals surface area contributed by atoms with E-state index in [-0.39, 0.29) is 29.8 Å². The molecule has 6 nitrogen and oxygen atoms in total. The molecule has 1 aromatic rings. The van der Waals surface area contributed by atoms with E-state index < -0.39 is 15.7 Å². The van der Waals surface area contributed by atoms with Crippen molar-refractivity contribution < 1.29 is 13.2 Å². The smallest absolute Gasteiger partial charge is 0.271 e. The largest absolute Gasteiger partial charge is 0.347 e. The molecule has 1 fully saturated rings. The molecule has 1 atom stereocenters. The number of aromatic nitrogens is 1. The number of nitrogens with zero attached hydrogens (tertiary/aromatic N) is 1. The zero-order valence-corrected chi connectivity index (χ0v) is 12.3. The van der Waals surface area contributed by atoms with Crippen molar-refractivity contribution in [3.05, 3.63) is 29.6 Å². The molecule has 0 bridgehead atoms. The van der Waals surface area contributed by atoms with Crippen LogP contribution < -0.4 is 11.1 Å². The van der Waals surface area contributed by atoms with Gasteiger partial charge in [-0.1, -0.05) is 11.8 Å². The molecule has 1 amide bonds. The first-order chi connectivity index (χ1) is 10.0. The van der Waals surface area contributed by atoms with Crippen LogP contribution in [0.2, 0.25) is 0 Å². The number of nitrogens with one attached hydrogen (secondary N) is 1. The summed E-state index contributed by atoms with van der Waals surface area (Å²) in [5, 5.41) is 2.73. The topological polar surface area (TPSA) is 102 Å². The summed E-state index contributed by atoms with van der Waals surface area (Å²) < 4.78 is 23.2. The number of carbonyl (C=O) groups is 1. The van der Waals surface area contributed by atoms with Crippen LogP contribution >= 0.6 is 0 Å². The van der Waals surface area contributed by atoms with Crippen molar-refractivity contribution in [2.45, 2.75) is 18.9 Å². The average Bonchev–Trinajstić information content (AvgIpc) is 2.44. The highest BCUT2D eigenvalue weighted by Gasteiger charge is 2.26. The average molecular weight is 307 g/mol. The van der Waals surface area contributed by atoms with Crippen LogP contribution in [0.4, 0.5) is 0 Å². The van der Waals surface area contributed by atoms with Gasteiger partial charge in [0.15, 0.2) is 9.84 Å². The van der Waals surface area contributed by atoms with E-state index in [1.54, 1.807) is 12.1 Å². The number of amides is 1. The monoisotopic (exact) mass is 307 g/mol. The molecule has 21 heavy (non-hydrogen) atoms. The molecular weight excluding hydrogens is 290 g/mol. The molecule has 0 spiro atoms. The van der Waals surface area contributed by atoms with Crippen LogP contribution in [0.5, 0.6) is 0 Å². The summed E-state index contributed by atoms with van der Waals surface area (Å²) in [6, 6.07) is 3.00. The Hall–Kier alpha value is -1.91. The maximum absolute atomic E-state index is 12.2. The molecule has 1 aliphatic heterocycles. The number of carbonyl (C=O) groups excluding carboxylic acids is 1. The second-order valence-corrected chi connectivity index (χ2v) is 7.06. The Balaban J connectivity index is 2.14. The van der Waals surface area contributed by atoms with Gasteiger partial charge in [0.1, 0.15) is 5.69 Å². The lowest BCUT2D eigenvalue weighted by atomic mass is 10.1. The summed E-state index contributed by atoms with van der Waals surface area (Å²) in [5.74, 6) is 5.24. The van der Waals surface area contributed by atoms with Crippen LogP contribution in [0.15, 0.2) is 18.3 Å². The highest BCUT2D eigenvalue weighted by atomic mass is 32.2. The van der Waals surface area contributed by atoms with Crippen LogP contribution in [0.25, 0.3) is 0 Å². The Morgan fingerprint density at radius 3 is 3.05 bits per heavy atom. The van der Waals surface area contributed by atoms with Crippen molar-refractivity contribution >= 4 is 15.7 Å². The number of rotatable bonds is 2. The van der Waals surface area contributed by atoms with E-state index in [4.69, 9.17) is 5.73 Å². The molecule has 1 aliphatic rings. The van der Waals surface area contributed by atoms with Crippen LogP contribution in [0.3, 0.4) is 0 Å². The fraction of sp³-hybridized carbons (Fsp3) is 0.429. The van der Waals surface area contributed by atoms with Crippen LogP contribution in [-0.2, 0) is 9.84 Å². The Bertz CT molecular complexity index is 689. The molecule has 0 saturated carbocycles. The van der Waals surface area contributed by atoms with Gasteiger partial charge in [0.25, 0.3) is 5.91 Å². The summed E-state index contributed by atoms with van der Waals surface area (Å²) in [6.07, 6.45) is 2.72. The quantitative estimate of drug-likeness (QED) is 0.730. The number of pyridine rings is 1. The van der Waals surface area contributed by atoms with E-state index in [0.717, 1.165) is 0 Å². The maximum Gasteiger partial charge on any atom is 0.271 e. The number of nitrogens with two attached hydrogens (primary N) is 1. The Morgan fingerprint density at radius 1 is 1.52 bits per heavy atom. The van der Waals surface area contributed by atoms with E-state index in [0.29, 0.717) is 18.4 Å². The molecular formula is C14H17N3O3S. The van der Waals surface area contributed by atoms with Crippen LogP contribution in [0, 0.1) is 11.8 Å². The fourth-order valence-electron chi connectivity index (χ4n) is 2.22. The molecule has 2 heterocycles. The van der Waals surface area contributed by atoms with Gasteiger partial charge in [-0.3, -0.25) is 4.79 Å². The standard InChI is InChI=1S/C14H17N3O3S/c15-7-1-4-11-5-2-8-16-13(11)14(18)17-12-6-3-9-21(19,20)10-12/h2,5,8,12H,3,6-7,9-10,15H2,(H,17,18). The van der Waals surface area contributed by atoms with E-state index in [1.165, 1.54) is 6.20 Å². The zero-order chi connectivity index (χ0) is 15.3. The summed E-state index contributed by atoms with van der Waals surface area (Å²) in [6.45, 7) is 0.191. The first-order valence-electron chi connectivity index (χ1n) is 6.67. The summed E-state index contributed by atoms with van der Waals surface area (Å²) >= 11 is 0. The van der Waals surface area contributed by atoms with Crippen molar-refractivity contribution in [2.75, 3.05) is 18.1 Å². The highest BCUT2D eigenvalue weighted by molar-refractivity contribution is 7.91. The fourth-order valence-corrected chi connectivity index (χ4v) is 3.86. The number of hydrogen-bond acceptors (Lipinski definition) is 5. The van der Waals surface area contributed by atoms with Crippen molar-refractivity contribution in [3.8, 4) is 11.8 Å². The first kappa shape index (κ1) is 15.5. The second-order valence-electron chi connectivity index (χ2n) is 4.83. The van der Waals surface area contributed by atoms with Crippen molar-refractivity contribution in [1.29, 1.82) is 0 Å². The predicted octanol–water partition coefficient (Wildman–Crippen LogP) is -0.301. The molecule has 1 unspecified atom stereocenters. The summed E-state index contributed by atoms with van der Waals surface area (Å²) in [5.41, 5.74) is 6.00. The third-order valence-electron chi connectivity index (χ3n) is 3.15. The van der Waals surface area contributed by atoms with Crippen molar-refractivity contribution in [1.82, 2.24) is 10.3 Å². The van der Waals surface area contributed by atoms with Crippen LogP contribution in [-0.4, -0.2) is 43.4 Å². The van der Waals surface area contributed by atoms with Gasteiger partial charge < -0.3 is 11.1 Å². The number of hydrogen-bond donors (Lipinski definition) is 2. The maximum atomic E-state index is 12.2. The Labute approximate surface area is 124 Å². The lowest BCUT2D eigenvalue weighted by molar-refractivity contribution is 0.0933.